The SMILES string of the molecule is CC(C)C(N)C(=O)N(C)C.CO[C@H]1C([C@@]2(C)O[C@@H]2/C=C/C(C)C)[C@]2(CC[C@H]1OC(=O)NC(C(=O)N(C)C)C(C)C)CO2.CO[C@H]1C([C@@]2(C)O[C@@H]2/C=C/C(C)C)[C@]2(CC[C@H]1OC(=O)Oc1ccc([N+](=O)[O-])cc1)CO2.ClCCl. The fourth-order valence-electron chi connectivity index (χ4n) is 10.4. The number of epoxide rings is 4. The summed E-state index contributed by atoms with van der Waals surface area (Å²) >= 11 is 9.53. The molecule has 14 atom stereocenters. The zero-order valence-corrected chi connectivity index (χ0v) is 49.5. The van der Waals surface area contributed by atoms with E-state index in [2.05, 4.69) is 71.2 Å². The van der Waals surface area contributed by atoms with Crippen molar-refractivity contribution in [3.05, 3.63) is 58.7 Å². The third-order valence-electron chi connectivity index (χ3n) is 15.0. The number of nitro groups is 1. The Kier molecular flexibility index (Phi) is 23.7. The number of nitrogens with two attached hydrogens (primary N) is 1. The Balaban J connectivity index is 0.000000271. The first-order valence-corrected chi connectivity index (χ1v) is 27.5. The summed E-state index contributed by atoms with van der Waals surface area (Å²) in [6.45, 7) is 21.6. The monoisotopic (exact) mass is 1130 g/mol. The van der Waals surface area contributed by atoms with Gasteiger partial charge in [0.1, 0.15) is 70.8 Å². The van der Waals surface area contributed by atoms with Gasteiger partial charge < -0.3 is 63.5 Å². The lowest BCUT2D eigenvalue weighted by atomic mass is 9.68. The van der Waals surface area contributed by atoms with E-state index in [0.717, 1.165) is 12.8 Å². The summed E-state index contributed by atoms with van der Waals surface area (Å²) in [7, 11) is 10.0. The third kappa shape index (κ3) is 17.0. The molecule has 4 unspecified atom stereocenters. The number of carbonyl (C=O) groups is 4. The van der Waals surface area contributed by atoms with E-state index in [4.69, 9.17) is 71.6 Å². The van der Waals surface area contributed by atoms with Crippen molar-refractivity contribution >= 4 is 53.0 Å². The van der Waals surface area contributed by atoms with Gasteiger partial charge in [0, 0.05) is 54.5 Å². The number of alkyl carbamates (subject to hydrolysis) is 1. The second-order valence-corrected chi connectivity index (χ2v) is 23.6. The molecule has 4 saturated heterocycles. The molecule has 7 rings (SSSR count). The number of allylic oxidation sites excluding steroid dienone is 2. The van der Waals surface area contributed by atoms with Crippen molar-refractivity contribution in [2.75, 3.05) is 61.0 Å². The topological polar surface area (TPSA) is 252 Å². The summed E-state index contributed by atoms with van der Waals surface area (Å²) in [5, 5.41) is 13.7. The molecule has 2 spiro atoms. The van der Waals surface area contributed by atoms with Gasteiger partial charge >= 0.3 is 12.2 Å². The molecule has 3 N–H and O–H groups in total. The first kappa shape index (κ1) is 65.4. The van der Waals surface area contributed by atoms with Crippen LogP contribution in [0, 0.1) is 45.6 Å². The van der Waals surface area contributed by atoms with E-state index in [9.17, 15) is 29.3 Å². The summed E-state index contributed by atoms with van der Waals surface area (Å²) < 4.78 is 52.5. The van der Waals surface area contributed by atoms with Gasteiger partial charge in [0.05, 0.1) is 41.4 Å². The summed E-state index contributed by atoms with van der Waals surface area (Å²) in [6, 6.07) is 4.24. The zero-order valence-electron chi connectivity index (χ0n) is 48.0. The van der Waals surface area contributed by atoms with Crippen molar-refractivity contribution in [2.24, 2.45) is 41.2 Å². The van der Waals surface area contributed by atoms with Gasteiger partial charge in [0.2, 0.25) is 11.8 Å². The minimum atomic E-state index is -0.879. The fourth-order valence-corrected chi connectivity index (χ4v) is 10.4. The summed E-state index contributed by atoms with van der Waals surface area (Å²) in [5.41, 5.74) is 3.98. The van der Waals surface area contributed by atoms with E-state index in [1.54, 1.807) is 42.4 Å². The number of rotatable bonds is 17. The van der Waals surface area contributed by atoms with Crippen LogP contribution in [-0.4, -0.2) is 171 Å². The number of alkyl halides is 2. The van der Waals surface area contributed by atoms with Gasteiger partial charge in [-0.2, -0.15) is 0 Å². The molecule has 20 nitrogen and oxygen atoms in total. The van der Waals surface area contributed by atoms with E-state index < -0.39 is 52.7 Å². The average molecular weight is 1130 g/mol. The van der Waals surface area contributed by atoms with E-state index in [-0.39, 0.29) is 87.8 Å². The second kappa shape index (κ2) is 27.8. The van der Waals surface area contributed by atoms with Crippen molar-refractivity contribution in [3.63, 3.8) is 0 Å². The maximum absolute atomic E-state index is 12.8. The van der Waals surface area contributed by atoms with Crippen LogP contribution in [0.4, 0.5) is 15.3 Å². The quantitative estimate of drug-likeness (QED) is 0.0283. The van der Waals surface area contributed by atoms with Crippen LogP contribution in [-0.2, 0) is 47.5 Å². The molecule has 6 aliphatic rings. The molecule has 4 heterocycles. The molecule has 0 bridgehead atoms. The van der Waals surface area contributed by atoms with Crippen LogP contribution in [0.1, 0.15) is 94.9 Å². The number of non-ortho nitro benzene ring substituents is 1. The zero-order chi connectivity index (χ0) is 58.0. The first-order valence-electron chi connectivity index (χ1n) is 26.5. The molecule has 4 aliphatic heterocycles. The van der Waals surface area contributed by atoms with Crippen molar-refractivity contribution in [1.29, 1.82) is 0 Å². The summed E-state index contributed by atoms with van der Waals surface area (Å²) in [4.78, 5) is 62.0. The predicted octanol–water partition coefficient (Wildman–Crippen LogP) is 8.28. The van der Waals surface area contributed by atoms with E-state index in [0.29, 0.717) is 37.9 Å². The first-order chi connectivity index (χ1) is 36.0. The molecule has 0 radical (unpaired) electrons. The number of ether oxygens (including phenoxy) is 9. The van der Waals surface area contributed by atoms with E-state index in [1.165, 1.54) is 34.1 Å². The number of nitrogens with zero attached hydrogens (tertiary/aromatic N) is 3. The predicted molar refractivity (Wildman–Crippen MR) is 292 cm³/mol. The van der Waals surface area contributed by atoms with Gasteiger partial charge in [-0.3, -0.25) is 19.7 Å². The second-order valence-electron chi connectivity index (χ2n) is 22.7. The van der Waals surface area contributed by atoms with Crippen molar-refractivity contribution in [2.45, 2.75) is 166 Å². The van der Waals surface area contributed by atoms with Crippen LogP contribution in [0.2, 0.25) is 0 Å². The summed E-state index contributed by atoms with van der Waals surface area (Å²) in [6.07, 6.45) is 7.91. The number of carbonyl (C=O) groups excluding carboxylic acids is 4. The minimum Gasteiger partial charge on any atom is -0.443 e. The van der Waals surface area contributed by atoms with Crippen molar-refractivity contribution in [1.82, 2.24) is 15.1 Å². The number of hydrogen-bond acceptors (Lipinski definition) is 16. The van der Waals surface area contributed by atoms with Crippen LogP contribution in [0.15, 0.2) is 48.6 Å². The molecule has 6 fully saturated rings. The lowest BCUT2D eigenvalue weighted by Crippen LogP contribution is -2.57. The van der Waals surface area contributed by atoms with Gasteiger partial charge in [-0.05, 0) is 75.3 Å². The number of amides is 3. The van der Waals surface area contributed by atoms with Gasteiger partial charge in [-0.25, -0.2) is 9.59 Å². The molecule has 22 heteroatoms. The van der Waals surface area contributed by atoms with Crippen LogP contribution in [0.25, 0.3) is 0 Å². The smallest absolute Gasteiger partial charge is 0.443 e. The normalized spacial score (nSPS) is 32.2. The number of nitro benzene ring substituents is 1. The Morgan fingerprint density at radius 3 is 1.49 bits per heavy atom. The highest BCUT2D eigenvalue weighted by Crippen LogP contribution is 2.60. The molecule has 436 valence electrons. The highest BCUT2D eigenvalue weighted by molar-refractivity contribution is 6.40. The highest BCUT2D eigenvalue weighted by atomic mass is 35.5. The van der Waals surface area contributed by atoms with Crippen LogP contribution < -0.4 is 15.8 Å². The van der Waals surface area contributed by atoms with Crippen LogP contribution >= 0.6 is 23.2 Å². The van der Waals surface area contributed by atoms with Gasteiger partial charge in [0.15, 0.2) is 0 Å². The number of likely N-dealkylation sites (N-methyl/N-ethyl adjacent to an activating group) is 2. The minimum absolute atomic E-state index is 0.00463. The van der Waals surface area contributed by atoms with Crippen LogP contribution in [0.5, 0.6) is 5.75 Å². The number of hydrogen-bond donors (Lipinski definition) is 2. The Hall–Kier alpha value is -4.12. The van der Waals surface area contributed by atoms with Gasteiger partial charge in [-0.1, -0.05) is 79.7 Å². The molecule has 1 aromatic carbocycles. The van der Waals surface area contributed by atoms with Gasteiger partial charge in [0.25, 0.3) is 5.69 Å². The Bertz CT molecular complexity index is 2190. The molecule has 2 aliphatic carbocycles. The number of halogens is 2. The molecule has 0 aromatic heterocycles. The molecule has 77 heavy (non-hydrogen) atoms. The van der Waals surface area contributed by atoms with Crippen LogP contribution in [0.3, 0.4) is 0 Å². The highest BCUT2D eigenvalue weighted by Gasteiger charge is 2.73. The summed E-state index contributed by atoms with van der Waals surface area (Å²) in [5.74, 6) is 0.855. The fraction of sp³-hybridized carbons (Fsp3) is 0.745. The van der Waals surface area contributed by atoms with Crippen molar-refractivity contribution in [3.8, 4) is 5.75 Å². The molecular formula is C55H87Cl2N5O15. The molecular weight excluding hydrogens is 1040 g/mol. The van der Waals surface area contributed by atoms with E-state index in [1.807, 2.05) is 27.7 Å². The maximum Gasteiger partial charge on any atom is 0.514 e. The third-order valence-corrected chi connectivity index (χ3v) is 15.0. The number of methoxy groups -OCH3 is 2. The van der Waals surface area contributed by atoms with Crippen molar-refractivity contribution < 1.29 is 66.7 Å². The lowest BCUT2D eigenvalue weighted by molar-refractivity contribution is -0.384. The Morgan fingerprint density at radius 2 is 1.17 bits per heavy atom. The number of benzene rings is 1. The molecule has 1 aromatic rings. The standard InChI is InChI=1S/C24H40N2O6.C23H29NO8.C7H16N2O.CH2Cl2/c1-14(2)9-10-17-23(5,32-17)20-19(29-8)16(11-12-24(20)13-30-24)31-22(28)25-18(15(3)4)21(27)26(6)7;1-14(2)5-10-18-22(3,32-18)20-19(28-4)17(11-12-23(20)13-29-23)31-21(25)30-16-8-6-15(7-9-16)24(26)27;1-5(2)6(8)7(10)9(3)4;2-1-3/h9-10,14-20H,11-13H2,1-8H3,(H,25,28);5-10,14,17-20H,11-13H2,1-4H3;5-6H,8H2,1-4H3;1H2/b10-9+;10-5+;;/t16-,17-,18?,19-,20?,23+,24+;17-,18-,19-,20?,22+,23+;;/m11../s1. The molecule has 2 saturated carbocycles. The Labute approximate surface area is 465 Å². The molecule has 3 amide bonds. The number of nitrogens with one attached hydrogen (secondary N) is 1. The largest absolute Gasteiger partial charge is 0.514 e. The Morgan fingerprint density at radius 1 is 0.753 bits per heavy atom. The van der Waals surface area contributed by atoms with Gasteiger partial charge in [-0.15, -0.1) is 23.2 Å². The average Bonchev–Trinajstić information content (AvgIpc) is 4.25. The van der Waals surface area contributed by atoms with E-state index >= 15 is 0 Å². The maximum atomic E-state index is 12.8. The lowest BCUT2D eigenvalue weighted by Gasteiger charge is -2.42.